The molecule has 104 valence electrons. The molecule has 0 aromatic carbocycles. The van der Waals surface area contributed by atoms with Gasteiger partial charge in [-0.05, 0) is 6.42 Å². The molecule has 1 rings (SSSR count). The van der Waals surface area contributed by atoms with Gasteiger partial charge in [0.2, 0.25) is 5.91 Å². The van der Waals surface area contributed by atoms with E-state index >= 15 is 0 Å². The van der Waals surface area contributed by atoms with Crippen LogP contribution in [-0.2, 0) is 4.79 Å². The number of hydrogen-bond acceptors (Lipinski definition) is 7. The summed E-state index contributed by atoms with van der Waals surface area (Å²) in [5, 5.41) is 5.01. The van der Waals surface area contributed by atoms with E-state index in [0.29, 0.717) is 11.7 Å². The van der Waals surface area contributed by atoms with Gasteiger partial charge in [0.15, 0.2) is 5.16 Å². The summed E-state index contributed by atoms with van der Waals surface area (Å²) in [4.78, 5) is 30.5. The Hall–Kier alpha value is -2.03. The van der Waals surface area contributed by atoms with Crippen molar-refractivity contribution < 1.29 is 9.59 Å². The third-order valence-electron chi connectivity index (χ3n) is 1.87. The molecule has 1 aromatic heterocycles. The maximum atomic E-state index is 11.4. The summed E-state index contributed by atoms with van der Waals surface area (Å²) in [5.74, 6) is 0.0259. The van der Waals surface area contributed by atoms with Crippen LogP contribution in [0.5, 0.6) is 0 Å². The zero-order valence-corrected chi connectivity index (χ0v) is 11.3. The minimum atomic E-state index is -0.513. The smallest absolute Gasteiger partial charge is 0.321 e. The lowest BCUT2D eigenvalue weighted by molar-refractivity contribution is -0.117. The number of thioether (sulfide) groups is 1. The SMILES string of the molecule is CCCNC(=O)NC(=O)CSc1nc(N)cc(N)n1. The van der Waals surface area contributed by atoms with E-state index in [0.717, 1.165) is 18.2 Å². The van der Waals surface area contributed by atoms with Crippen molar-refractivity contribution in [2.45, 2.75) is 18.5 Å². The molecule has 0 saturated heterocycles. The number of nitrogens with one attached hydrogen (secondary N) is 2. The van der Waals surface area contributed by atoms with Gasteiger partial charge in [-0.25, -0.2) is 14.8 Å². The first-order valence-electron chi connectivity index (χ1n) is 5.61. The molecule has 6 N–H and O–H groups in total. The number of hydrogen-bond donors (Lipinski definition) is 4. The Labute approximate surface area is 114 Å². The van der Waals surface area contributed by atoms with E-state index in [4.69, 9.17) is 11.5 Å². The van der Waals surface area contributed by atoms with Gasteiger partial charge in [0.1, 0.15) is 11.6 Å². The second-order valence-electron chi connectivity index (χ2n) is 3.59. The average Bonchev–Trinajstić information content (AvgIpc) is 2.33. The van der Waals surface area contributed by atoms with Crippen molar-refractivity contribution in [3.63, 3.8) is 0 Å². The fourth-order valence-corrected chi connectivity index (χ4v) is 1.77. The molecule has 0 atom stereocenters. The van der Waals surface area contributed by atoms with Gasteiger partial charge >= 0.3 is 6.03 Å². The number of anilines is 2. The van der Waals surface area contributed by atoms with E-state index in [1.807, 2.05) is 6.92 Å². The molecule has 8 nitrogen and oxygen atoms in total. The number of nitrogens with zero attached hydrogens (tertiary/aromatic N) is 2. The first-order chi connectivity index (χ1) is 9.01. The number of amides is 3. The highest BCUT2D eigenvalue weighted by molar-refractivity contribution is 7.99. The van der Waals surface area contributed by atoms with Crippen LogP contribution in [0.3, 0.4) is 0 Å². The third kappa shape index (κ3) is 5.91. The van der Waals surface area contributed by atoms with Gasteiger partial charge in [0.25, 0.3) is 0 Å². The zero-order valence-electron chi connectivity index (χ0n) is 10.5. The highest BCUT2D eigenvalue weighted by atomic mass is 32.2. The summed E-state index contributed by atoms with van der Waals surface area (Å²) in [6.45, 7) is 2.43. The van der Waals surface area contributed by atoms with Crippen molar-refractivity contribution >= 4 is 35.3 Å². The molecule has 1 heterocycles. The predicted molar refractivity (Wildman–Crippen MR) is 73.4 cm³/mol. The van der Waals surface area contributed by atoms with Crippen molar-refractivity contribution in [2.75, 3.05) is 23.8 Å². The van der Waals surface area contributed by atoms with E-state index in [-0.39, 0.29) is 17.4 Å². The molecule has 0 spiro atoms. The molecule has 0 bridgehead atoms. The number of nitrogen functional groups attached to an aromatic ring is 2. The van der Waals surface area contributed by atoms with E-state index in [9.17, 15) is 9.59 Å². The molecular weight excluding hydrogens is 268 g/mol. The number of carbonyl (C=O) groups is 2. The van der Waals surface area contributed by atoms with Gasteiger partial charge in [0, 0.05) is 12.6 Å². The molecule has 1 aromatic rings. The molecule has 0 aliphatic heterocycles. The number of nitrogens with two attached hydrogens (primary N) is 2. The summed E-state index contributed by atoms with van der Waals surface area (Å²) in [5.41, 5.74) is 11.0. The topological polar surface area (TPSA) is 136 Å². The highest BCUT2D eigenvalue weighted by Gasteiger charge is 2.09. The van der Waals surface area contributed by atoms with Gasteiger partial charge < -0.3 is 16.8 Å². The van der Waals surface area contributed by atoms with E-state index in [1.165, 1.54) is 6.07 Å². The molecule has 0 fully saturated rings. The van der Waals surface area contributed by atoms with Crippen LogP contribution < -0.4 is 22.1 Å². The van der Waals surface area contributed by atoms with Gasteiger partial charge in [-0.3, -0.25) is 10.1 Å². The number of imide groups is 1. The Morgan fingerprint density at radius 1 is 1.32 bits per heavy atom. The molecule has 3 amide bonds. The second kappa shape index (κ2) is 7.41. The minimum Gasteiger partial charge on any atom is -0.383 e. The monoisotopic (exact) mass is 284 g/mol. The van der Waals surface area contributed by atoms with Crippen molar-refractivity contribution in [1.82, 2.24) is 20.6 Å². The fourth-order valence-electron chi connectivity index (χ4n) is 1.10. The molecule has 0 saturated carbocycles. The van der Waals surface area contributed by atoms with Gasteiger partial charge in [-0.1, -0.05) is 18.7 Å². The molecule has 0 aliphatic carbocycles. The Morgan fingerprint density at radius 3 is 2.53 bits per heavy atom. The van der Waals surface area contributed by atoms with Crippen LogP contribution in [0.2, 0.25) is 0 Å². The summed E-state index contributed by atoms with van der Waals surface area (Å²) in [7, 11) is 0. The van der Waals surface area contributed by atoms with Gasteiger partial charge in [-0.2, -0.15) is 0 Å². The van der Waals surface area contributed by atoms with E-state index < -0.39 is 11.9 Å². The Balaban J connectivity index is 2.39. The van der Waals surface area contributed by atoms with Gasteiger partial charge in [0.05, 0.1) is 5.75 Å². The van der Waals surface area contributed by atoms with Crippen LogP contribution in [-0.4, -0.2) is 34.2 Å². The first-order valence-corrected chi connectivity index (χ1v) is 6.60. The summed E-state index contributed by atoms with van der Waals surface area (Å²) < 4.78 is 0. The van der Waals surface area contributed by atoms with Crippen LogP contribution in [0.15, 0.2) is 11.2 Å². The lowest BCUT2D eigenvalue weighted by Gasteiger charge is -2.05. The predicted octanol–water partition coefficient (Wildman–Crippen LogP) is -0.0311. The van der Waals surface area contributed by atoms with Crippen LogP contribution in [0.1, 0.15) is 13.3 Å². The lowest BCUT2D eigenvalue weighted by atomic mass is 10.5. The summed E-state index contributed by atoms with van der Waals surface area (Å²) in [6.07, 6.45) is 0.798. The first kappa shape index (κ1) is 15.0. The van der Waals surface area contributed by atoms with E-state index in [2.05, 4.69) is 20.6 Å². The maximum absolute atomic E-state index is 11.4. The molecule has 0 aliphatic rings. The molecule has 0 radical (unpaired) electrons. The molecule has 19 heavy (non-hydrogen) atoms. The third-order valence-corrected chi connectivity index (χ3v) is 2.71. The fraction of sp³-hybridized carbons (Fsp3) is 0.400. The summed E-state index contributed by atoms with van der Waals surface area (Å²) in [6, 6.07) is 0.906. The number of rotatable bonds is 5. The van der Waals surface area contributed by atoms with Crippen LogP contribution in [0.25, 0.3) is 0 Å². The Bertz CT molecular complexity index is 447. The normalized spacial score (nSPS) is 9.95. The quantitative estimate of drug-likeness (QED) is 0.440. The Morgan fingerprint density at radius 2 is 1.95 bits per heavy atom. The maximum Gasteiger partial charge on any atom is 0.321 e. The average molecular weight is 284 g/mol. The molecule has 0 unspecified atom stereocenters. The number of urea groups is 1. The number of aromatic nitrogens is 2. The molecule has 9 heteroatoms. The lowest BCUT2D eigenvalue weighted by Crippen LogP contribution is -2.40. The van der Waals surface area contributed by atoms with Crippen molar-refractivity contribution in [3.05, 3.63) is 6.07 Å². The Kier molecular flexibility index (Phi) is 5.86. The highest BCUT2D eigenvalue weighted by Crippen LogP contribution is 2.15. The molecular formula is C10H16N6O2S. The standard InChI is InChI=1S/C10H16N6O2S/c1-2-3-13-9(18)16-8(17)5-19-10-14-6(11)4-7(12)15-10/h4H,2-3,5H2,1H3,(H4,11,12,14,15)(H2,13,16,17,18). The van der Waals surface area contributed by atoms with Crippen molar-refractivity contribution in [1.29, 1.82) is 0 Å². The largest absolute Gasteiger partial charge is 0.383 e. The second-order valence-corrected chi connectivity index (χ2v) is 4.54. The summed E-state index contributed by atoms with van der Waals surface area (Å²) >= 11 is 1.05. The minimum absolute atomic E-state index is 0.00242. The number of carbonyl (C=O) groups excluding carboxylic acids is 2. The van der Waals surface area contributed by atoms with Crippen molar-refractivity contribution in [2.24, 2.45) is 0 Å². The van der Waals surface area contributed by atoms with Crippen LogP contribution in [0, 0.1) is 0 Å². The van der Waals surface area contributed by atoms with Crippen LogP contribution in [0.4, 0.5) is 16.4 Å². The van der Waals surface area contributed by atoms with Crippen LogP contribution >= 0.6 is 11.8 Å². The van der Waals surface area contributed by atoms with E-state index in [1.54, 1.807) is 0 Å². The van der Waals surface area contributed by atoms with Gasteiger partial charge in [-0.15, -0.1) is 0 Å². The zero-order chi connectivity index (χ0) is 14.3. The van der Waals surface area contributed by atoms with Crippen molar-refractivity contribution in [3.8, 4) is 0 Å².